The van der Waals surface area contributed by atoms with E-state index < -0.39 is 11.9 Å². The third-order valence-corrected chi connectivity index (χ3v) is 0.355. The molecule has 0 unspecified atom stereocenters. The van der Waals surface area contributed by atoms with Crippen LogP contribution in [0.25, 0.3) is 0 Å². The van der Waals surface area contributed by atoms with Gasteiger partial charge in [0.25, 0.3) is 0 Å². The fraction of sp³-hybridized carbons (Fsp3) is 0. The van der Waals surface area contributed by atoms with Crippen molar-refractivity contribution >= 4 is 39.2 Å². The molecule has 0 aromatic rings. The van der Waals surface area contributed by atoms with E-state index in [2.05, 4.69) is 0 Å². The van der Waals surface area contributed by atoms with Gasteiger partial charge in [-0.25, -0.2) is 0 Å². The molecular weight excluding hydrogens is 319 g/mol. The van der Waals surface area contributed by atoms with Crippen molar-refractivity contribution in [2.45, 2.75) is 0 Å². The van der Waals surface area contributed by atoms with Crippen molar-refractivity contribution < 1.29 is 19.8 Å². The third-order valence-electron chi connectivity index (χ3n) is 0.355. The minimum absolute atomic E-state index is 0. The minimum atomic E-state index is -1.55. The first-order valence-corrected chi connectivity index (χ1v) is 1.73. The van der Waals surface area contributed by atoms with Gasteiger partial charge in [0.2, 0.25) is 0 Å². The average Bonchev–Trinajstić information content (AvgIpc) is 1.61. The van der Waals surface area contributed by atoms with Crippen LogP contribution in [0, 0.1) is 0 Å². The average molecular weight is 323 g/mol. The van der Waals surface area contributed by atoms with E-state index >= 15 is 0 Å². The first kappa shape index (κ1) is 11.4. The summed E-state index contributed by atoms with van der Waals surface area (Å²) in [7, 11) is 0. The summed E-state index contributed by atoms with van der Waals surface area (Å²) in [6.07, 6.45) is 0.769. The summed E-state index contributed by atoms with van der Waals surface area (Å²) in [5.74, 6) is -3.09. The van der Waals surface area contributed by atoms with Crippen LogP contribution in [0.5, 0.6) is 0 Å². The van der Waals surface area contributed by atoms with E-state index in [9.17, 15) is 19.8 Å². The van der Waals surface area contributed by atoms with Gasteiger partial charge in [0.1, 0.15) is 0 Å². The van der Waals surface area contributed by atoms with Gasteiger partial charge in [-0.05, 0) is 12.2 Å². The predicted molar refractivity (Wildman–Crippen MR) is 27.7 cm³/mol. The molecule has 0 N–H and O–H groups in total. The normalized spacial score (nSPS) is 8.44. The van der Waals surface area contributed by atoms with Gasteiger partial charge in [-0.1, -0.05) is 0 Å². The number of carboxylic acids is 2. The molecule has 0 bridgehead atoms. The van der Waals surface area contributed by atoms with Crippen molar-refractivity contribution in [2.24, 2.45) is 0 Å². The Labute approximate surface area is 71.3 Å². The SMILES string of the molecule is O=C([O-])/C=C/C(=O)[O-].[PbH2+2]. The molecule has 0 amide bonds. The molecule has 0 aliphatic carbocycles. The molecular formula is C4H4O4Pb. The molecule has 5 heteroatoms. The fourth-order valence-corrected chi connectivity index (χ4v) is 0.136. The van der Waals surface area contributed by atoms with Crippen LogP contribution in [-0.4, -0.2) is 39.2 Å². The van der Waals surface area contributed by atoms with Crippen molar-refractivity contribution in [3.05, 3.63) is 12.2 Å². The van der Waals surface area contributed by atoms with Crippen LogP contribution in [-0.2, 0) is 9.59 Å². The molecule has 0 radical (unpaired) electrons. The summed E-state index contributed by atoms with van der Waals surface area (Å²) in [4.78, 5) is 18.8. The molecule has 9 heavy (non-hydrogen) atoms. The molecule has 0 aromatic heterocycles. The summed E-state index contributed by atoms with van der Waals surface area (Å²) in [6.45, 7) is 0. The first-order valence-electron chi connectivity index (χ1n) is 1.73. The Hall–Kier alpha value is -0.398. The third kappa shape index (κ3) is 11.3. The van der Waals surface area contributed by atoms with E-state index in [0.717, 1.165) is 0 Å². The van der Waals surface area contributed by atoms with Crippen molar-refractivity contribution in [1.29, 1.82) is 0 Å². The van der Waals surface area contributed by atoms with Crippen LogP contribution >= 0.6 is 0 Å². The van der Waals surface area contributed by atoms with Crippen LogP contribution in [0.1, 0.15) is 0 Å². The van der Waals surface area contributed by atoms with Gasteiger partial charge in [-0.3, -0.25) is 0 Å². The van der Waals surface area contributed by atoms with Gasteiger partial charge >= 0.3 is 27.3 Å². The maximum atomic E-state index is 9.41. The topological polar surface area (TPSA) is 80.3 Å². The Morgan fingerprint density at radius 1 is 1.00 bits per heavy atom. The molecule has 4 nitrogen and oxygen atoms in total. The molecule has 48 valence electrons. The molecule has 0 heterocycles. The summed E-state index contributed by atoms with van der Waals surface area (Å²) >= 11 is 0. The summed E-state index contributed by atoms with van der Waals surface area (Å²) in [5, 5.41) is 18.8. The van der Waals surface area contributed by atoms with Crippen LogP contribution in [0.4, 0.5) is 0 Å². The predicted octanol–water partition coefficient (Wildman–Crippen LogP) is -3.87. The van der Waals surface area contributed by atoms with E-state index in [0.29, 0.717) is 12.2 Å². The number of hydrogen-bond acceptors (Lipinski definition) is 4. The Bertz CT molecular complexity index is 124. The van der Waals surface area contributed by atoms with Gasteiger partial charge in [0, 0.05) is 0 Å². The molecule has 0 aliphatic rings. The number of carboxylic acid groups (broad SMARTS) is 2. The monoisotopic (exact) mass is 324 g/mol. The Balaban J connectivity index is 0. The van der Waals surface area contributed by atoms with Crippen molar-refractivity contribution in [3.8, 4) is 0 Å². The van der Waals surface area contributed by atoms with E-state index in [1.165, 1.54) is 0 Å². The molecule has 0 saturated carbocycles. The van der Waals surface area contributed by atoms with Crippen LogP contribution in [0.2, 0.25) is 0 Å². The Morgan fingerprint density at radius 2 is 1.22 bits per heavy atom. The molecule has 0 fully saturated rings. The van der Waals surface area contributed by atoms with E-state index in [1.54, 1.807) is 0 Å². The van der Waals surface area contributed by atoms with Gasteiger partial charge in [-0.2, -0.15) is 0 Å². The van der Waals surface area contributed by atoms with Crippen LogP contribution < -0.4 is 10.2 Å². The zero-order chi connectivity index (χ0) is 6.57. The molecule has 0 aliphatic heterocycles. The Morgan fingerprint density at radius 3 is 1.33 bits per heavy atom. The number of rotatable bonds is 2. The fourth-order valence-electron chi connectivity index (χ4n) is 0.136. The number of aliphatic carboxylic acids is 2. The quantitative estimate of drug-likeness (QED) is 0.385. The number of carbonyl (C=O) groups excluding carboxylic acids is 2. The first-order chi connectivity index (χ1) is 3.63. The summed E-state index contributed by atoms with van der Waals surface area (Å²) < 4.78 is 0. The van der Waals surface area contributed by atoms with Crippen molar-refractivity contribution in [1.82, 2.24) is 0 Å². The standard InChI is InChI=1S/C4H4O4.Pb.2H/c5-3(6)1-2-4(7)8;;;/h1-2H,(H,5,6)(H,7,8);;;/q;+2;;/p-2/b2-1+;;;. The van der Waals surface area contributed by atoms with Crippen molar-refractivity contribution in [3.63, 3.8) is 0 Å². The second-order valence-corrected chi connectivity index (χ2v) is 0.971. The van der Waals surface area contributed by atoms with Gasteiger partial charge in [-0.15, -0.1) is 0 Å². The van der Waals surface area contributed by atoms with Crippen molar-refractivity contribution in [2.75, 3.05) is 0 Å². The zero-order valence-electron chi connectivity index (χ0n) is 4.49. The second-order valence-electron chi connectivity index (χ2n) is 0.971. The molecule has 0 atom stereocenters. The van der Waals surface area contributed by atoms with E-state index in [4.69, 9.17) is 0 Å². The molecule has 0 saturated heterocycles. The molecule has 0 aromatic carbocycles. The molecule has 0 rings (SSSR count). The second kappa shape index (κ2) is 5.73. The van der Waals surface area contributed by atoms with E-state index in [-0.39, 0.29) is 27.3 Å². The van der Waals surface area contributed by atoms with Gasteiger partial charge in [0.15, 0.2) is 0 Å². The Kier molecular flexibility index (Phi) is 7.27. The number of carbonyl (C=O) groups is 2. The van der Waals surface area contributed by atoms with E-state index in [1.807, 2.05) is 0 Å². The summed E-state index contributed by atoms with van der Waals surface area (Å²) in [5.41, 5.74) is 0. The summed E-state index contributed by atoms with van der Waals surface area (Å²) in [6, 6.07) is 0. The van der Waals surface area contributed by atoms with Crippen LogP contribution in [0.3, 0.4) is 0 Å². The van der Waals surface area contributed by atoms with Crippen LogP contribution in [0.15, 0.2) is 12.2 Å². The maximum absolute atomic E-state index is 9.41. The number of hydrogen-bond donors (Lipinski definition) is 0. The zero-order valence-corrected chi connectivity index (χ0v) is 9.99. The molecule has 0 spiro atoms. The van der Waals surface area contributed by atoms with Gasteiger partial charge in [0.05, 0.1) is 11.9 Å². The van der Waals surface area contributed by atoms with Gasteiger partial charge < -0.3 is 19.8 Å².